The van der Waals surface area contributed by atoms with Crippen LogP contribution in [0.3, 0.4) is 0 Å². The summed E-state index contributed by atoms with van der Waals surface area (Å²) in [6.07, 6.45) is 3.50. The Morgan fingerprint density at radius 2 is 2.05 bits per heavy atom. The van der Waals surface area contributed by atoms with Crippen LogP contribution < -0.4 is 5.73 Å². The molecule has 2 aromatic rings. The number of amides is 1. The van der Waals surface area contributed by atoms with E-state index in [1.165, 1.54) is 10.9 Å². The molecular weight excluding hydrogens is 238 g/mol. The molecule has 2 N–H and O–H groups in total. The summed E-state index contributed by atoms with van der Waals surface area (Å²) < 4.78 is 2.21. The number of piperidine rings is 1. The van der Waals surface area contributed by atoms with Gasteiger partial charge in [-0.2, -0.15) is 0 Å². The number of benzene rings is 1. The Kier molecular flexibility index (Phi) is 3.25. The third-order valence-electron chi connectivity index (χ3n) is 3.85. The molecule has 1 aromatic heterocycles. The van der Waals surface area contributed by atoms with Gasteiger partial charge in [0.05, 0.1) is 0 Å². The molecule has 0 aliphatic carbocycles. The van der Waals surface area contributed by atoms with Crippen LogP contribution in [0.4, 0.5) is 0 Å². The molecule has 1 amide bonds. The van der Waals surface area contributed by atoms with Crippen LogP contribution in [-0.4, -0.2) is 34.5 Å². The third-order valence-corrected chi connectivity index (χ3v) is 3.85. The normalized spacial score (nSPS) is 20.2. The van der Waals surface area contributed by atoms with Gasteiger partial charge in [0.1, 0.15) is 0 Å². The highest BCUT2D eigenvalue weighted by Crippen LogP contribution is 2.16. The van der Waals surface area contributed by atoms with Gasteiger partial charge in [-0.1, -0.05) is 18.2 Å². The molecule has 4 nitrogen and oxygen atoms in total. The Morgan fingerprint density at radius 3 is 2.89 bits per heavy atom. The van der Waals surface area contributed by atoms with Crippen molar-refractivity contribution < 1.29 is 4.79 Å². The van der Waals surface area contributed by atoms with Gasteiger partial charge < -0.3 is 15.2 Å². The number of para-hydroxylation sites is 1. The lowest BCUT2D eigenvalue weighted by Crippen LogP contribution is -2.44. The van der Waals surface area contributed by atoms with Crippen molar-refractivity contribution in [1.82, 2.24) is 9.47 Å². The molecule has 3 rings (SSSR count). The fourth-order valence-corrected chi connectivity index (χ4v) is 2.70. The number of fused-ring (bicyclic) bond motifs is 1. The van der Waals surface area contributed by atoms with E-state index in [9.17, 15) is 4.79 Å². The first-order valence-corrected chi connectivity index (χ1v) is 6.81. The summed E-state index contributed by atoms with van der Waals surface area (Å²) >= 11 is 0. The van der Waals surface area contributed by atoms with Gasteiger partial charge in [0, 0.05) is 43.8 Å². The minimum Gasteiger partial charge on any atom is -0.346 e. The van der Waals surface area contributed by atoms with Crippen LogP contribution in [-0.2, 0) is 11.3 Å². The maximum Gasteiger partial charge on any atom is 0.224 e. The van der Waals surface area contributed by atoms with Gasteiger partial charge in [-0.25, -0.2) is 0 Å². The van der Waals surface area contributed by atoms with Crippen molar-refractivity contribution in [2.45, 2.75) is 25.4 Å². The van der Waals surface area contributed by atoms with Crippen molar-refractivity contribution in [2.24, 2.45) is 5.73 Å². The lowest BCUT2D eigenvalue weighted by molar-refractivity contribution is -0.133. The molecule has 0 radical (unpaired) electrons. The highest BCUT2D eigenvalue weighted by Gasteiger charge is 2.22. The first-order chi connectivity index (χ1) is 9.24. The van der Waals surface area contributed by atoms with Crippen LogP contribution in [0.5, 0.6) is 0 Å². The fourth-order valence-electron chi connectivity index (χ4n) is 2.70. The number of likely N-dealkylation sites (tertiary alicyclic amines) is 1. The maximum atomic E-state index is 11.9. The van der Waals surface area contributed by atoms with E-state index in [1.807, 2.05) is 17.0 Å². The molecule has 1 aliphatic rings. The smallest absolute Gasteiger partial charge is 0.224 e. The van der Waals surface area contributed by atoms with E-state index >= 15 is 0 Å². The Hall–Kier alpha value is -1.81. The van der Waals surface area contributed by atoms with Crippen molar-refractivity contribution in [2.75, 3.05) is 13.1 Å². The molecule has 2 heterocycles. The molecular formula is C15H19N3O. The van der Waals surface area contributed by atoms with E-state index in [1.54, 1.807) is 0 Å². The molecule has 1 fully saturated rings. The van der Waals surface area contributed by atoms with Crippen LogP contribution >= 0.6 is 0 Å². The second kappa shape index (κ2) is 5.05. The van der Waals surface area contributed by atoms with Gasteiger partial charge in [-0.15, -0.1) is 0 Å². The lowest BCUT2D eigenvalue weighted by Gasteiger charge is -2.30. The molecule has 100 valence electrons. The van der Waals surface area contributed by atoms with Crippen LogP contribution in [0.1, 0.15) is 12.8 Å². The van der Waals surface area contributed by atoms with Gasteiger partial charge in [0.25, 0.3) is 0 Å². The van der Waals surface area contributed by atoms with Crippen LogP contribution in [0.15, 0.2) is 36.5 Å². The Bertz CT molecular complexity index is 590. The quantitative estimate of drug-likeness (QED) is 0.908. The SMILES string of the molecule is NC1CCN(CCn2ccc3ccccc32)C(=O)C1. The molecule has 1 atom stereocenters. The summed E-state index contributed by atoms with van der Waals surface area (Å²) in [6, 6.07) is 10.5. The molecule has 1 aromatic carbocycles. The van der Waals surface area contributed by atoms with Crippen molar-refractivity contribution >= 4 is 16.8 Å². The minimum atomic E-state index is 0.0520. The van der Waals surface area contributed by atoms with Crippen LogP contribution in [0.25, 0.3) is 10.9 Å². The summed E-state index contributed by atoms with van der Waals surface area (Å²) in [5.74, 6) is 0.190. The van der Waals surface area contributed by atoms with Crippen molar-refractivity contribution in [3.8, 4) is 0 Å². The summed E-state index contributed by atoms with van der Waals surface area (Å²) in [4.78, 5) is 13.8. The molecule has 4 heteroatoms. The van der Waals surface area contributed by atoms with Crippen LogP contribution in [0.2, 0.25) is 0 Å². The number of hydrogen-bond donors (Lipinski definition) is 1. The first-order valence-electron chi connectivity index (χ1n) is 6.81. The van der Waals surface area contributed by atoms with E-state index in [0.29, 0.717) is 6.42 Å². The number of hydrogen-bond acceptors (Lipinski definition) is 2. The average Bonchev–Trinajstić information content (AvgIpc) is 2.81. The third kappa shape index (κ3) is 2.49. The van der Waals surface area contributed by atoms with Gasteiger partial charge in [-0.3, -0.25) is 4.79 Å². The van der Waals surface area contributed by atoms with Gasteiger partial charge in [0.2, 0.25) is 5.91 Å². The van der Waals surface area contributed by atoms with Crippen LogP contribution in [0, 0.1) is 0 Å². The maximum absolute atomic E-state index is 11.9. The Morgan fingerprint density at radius 1 is 1.21 bits per heavy atom. The van der Waals surface area contributed by atoms with Crippen molar-refractivity contribution in [1.29, 1.82) is 0 Å². The molecule has 0 saturated carbocycles. The second-order valence-electron chi connectivity index (χ2n) is 5.20. The predicted molar refractivity (Wildman–Crippen MR) is 75.7 cm³/mol. The van der Waals surface area contributed by atoms with Gasteiger partial charge in [-0.05, 0) is 23.9 Å². The fraction of sp³-hybridized carbons (Fsp3) is 0.400. The van der Waals surface area contributed by atoms with E-state index in [-0.39, 0.29) is 11.9 Å². The zero-order valence-electron chi connectivity index (χ0n) is 11.0. The highest BCUT2D eigenvalue weighted by atomic mass is 16.2. The van der Waals surface area contributed by atoms with Crippen molar-refractivity contribution in [3.63, 3.8) is 0 Å². The molecule has 1 unspecified atom stereocenters. The number of nitrogens with two attached hydrogens (primary N) is 1. The van der Waals surface area contributed by atoms with Gasteiger partial charge in [0.15, 0.2) is 0 Å². The minimum absolute atomic E-state index is 0.0520. The van der Waals surface area contributed by atoms with Crippen molar-refractivity contribution in [3.05, 3.63) is 36.5 Å². The predicted octanol–water partition coefficient (Wildman–Crippen LogP) is 1.59. The number of rotatable bonds is 3. The number of carbonyl (C=O) groups excluding carboxylic acids is 1. The summed E-state index contributed by atoms with van der Waals surface area (Å²) in [5, 5.41) is 1.24. The lowest BCUT2D eigenvalue weighted by atomic mass is 10.1. The Balaban J connectivity index is 1.68. The first kappa shape index (κ1) is 12.2. The summed E-state index contributed by atoms with van der Waals surface area (Å²) in [5.41, 5.74) is 7.03. The van der Waals surface area contributed by atoms with Gasteiger partial charge >= 0.3 is 0 Å². The summed E-state index contributed by atoms with van der Waals surface area (Å²) in [7, 11) is 0. The van der Waals surface area contributed by atoms with E-state index in [0.717, 1.165) is 26.1 Å². The zero-order chi connectivity index (χ0) is 13.2. The topological polar surface area (TPSA) is 51.3 Å². The Labute approximate surface area is 112 Å². The number of aromatic nitrogens is 1. The molecule has 0 bridgehead atoms. The monoisotopic (exact) mass is 257 g/mol. The average molecular weight is 257 g/mol. The standard InChI is InChI=1S/C15H19N3O/c16-13-6-8-18(15(19)11-13)10-9-17-7-5-12-3-1-2-4-14(12)17/h1-5,7,13H,6,8-11,16H2. The van der Waals surface area contributed by atoms with E-state index in [2.05, 4.69) is 29.0 Å². The summed E-state index contributed by atoms with van der Waals surface area (Å²) in [6.45, 7) is 2.40. The van der Waals surface area contributed by atoms with E-state index < -0.39 is 0 Å². The highest BCUT2D eigenvalue weighted by molar-refractivity contribution is 5.80. The molecule has 1 saturated heterocycles. The largest absolute Gasteiger partial charge is 0.346 e. The molecule has 0 spiro atoms. The molecule has 19 heavy (non-hydrogen) atoms. The number of nitrogens with zero attached hydrogens (tertiary/aromatic N) is 2. The number of carbonyl (C=O) groups is 1. The zero-order valence-corrected chi connectivity index (χ0v) is 11.0. The second-order valence-corrected chi connectivity index (χ2v) is 5.20. The molecule has 1 aliphatic heterocycles. The van der Waals surface area contributed by atoms with E-state index in [4.69, 9.17) is 5.73 Å².